The molecule has 0 saturated carbocycles. The van der Waals surface area contributed by atoms with Crippen LogP contribution in [-0.4, -0.2) is 61.4 Å². The molecule has 1 saturated heterocycles. The topological polar surface area (TPSA) is 83.3 Å². The number of nitrogens with zero attached hydrogens (tertiary/aromatic N) is 2. The molecule has 0 unspecified atom stereocenters. The molecule has 0 radical (unpaired) electrons. The summed E-state index contributed by atoms with van der Waals surface area (Å²) in [6.45, 7) is 1.27. The average molecular weight is 459 g/mol. The van der Waals surface area contributed by atoms with Gasteiger partial charge < -0.3 is 28.4 Å². The summed E-state index contributed by atoms with van der Waals surface area (Å²) in [6.07, 6.45) is 1.81. The van der Waals surface area contributed by atoms with Crippen LogP contribution in [-0.2, 0) is 16.1 Å². The maximum absolute atomic E-state index is 12.5. The number of benzene rings is 1. The summed E-state index contributed by atoms with van der Waals surface area (Å²) in [6, 6.07) is 5.26. The summed E-state index contributed by atoms with van der Waals surface area (Å²) >= 11 is 11.6. The van der Waals surface area contributed by atoms with Crippen molar-refractivity contribution in [1.29, 1.82) is 0 Å². The van der Waals surface area contributed by atoms with Crippen molar-refractivity contribution in [2.45, 2.75) is 30.3 Å². The van der Waals surface area contributed by atoms with Crippen LogP contribution in [0.25, 0.3) is 11.3 Å². The first-order valence-electron chi connectivity index (χ1n) is 9.41. The van der Waals surface area contributed by atoms with Crippen LogP contribution in [0.5, 0.6) is 17.2 Å². The van der Waals surface area contributed by atoms with Crippen LogP contribution in [0.15, 0.2) is 22.7 Å². The number of aromatic nitrogens is 1. The van der Waals surface area contributed by atoms with Gasteiger partial charge in [0.1, 0.15) is 5.69 Å². The fourth-order valence-electron chi connectivity index (χ4n) is 3.35. The number of carbonyl (C=O) groups is 1. The maximum Gasteiger partial charge on any atom is 0.256 e. The lowest BCUT2D eigenvalue weighted by molar-refractivity contribution is -0.131. The van der Waals surface area contributed by atoms with Crippen molar-refractivity contribution in [2.75, 3.05) is 34.5 Å². The third-order valence-electron chi connectivity index (χ3n) is 4.81. The molecule has 0 bridgehead atoms. The van der Waals surface area contributed by atoms with Crippen molar-refractivity contribution in [3.05, 3.63) is 23.9 Å². The van der Waals surface area contributed by atoms with Crippen molar-refractivity contribution >= 4 is 29.1 Å². The Labute approximate surface area is 184 Å². The van der Waals surface area contributed by atoms with Gasteiger partial charge in [-0.05, 0) is 25.0 Å². The van der Waals surface area contributed by atoms with Gasteiger partial charge in [-0.2, -0.15) is 0 Å². The Hall–Kier alpha value is -2.16. The van der Waals surface area contributed by atoms with Crippen LogP contribution in [0.3, 0.4) is 0 Å². The summed E-state index contributed by atoms with van der Waals surface area (Å²) in [5.41, 5.74) is 1.24. The zero-order valence-electron chi connectivity index (χ0n) is 17.0. The van der Waals surface area contributed by atoms with E-state index in [1.807, 2.05) is 0 Å². The molecule has 1 aliphatic rings. The van der Waals surface area contributed by atoms with Gasteiger partial charge in [0.2, 0.25) is 5.75 Å². The van der Waals surface area contributed by atoms with Crippen LogP contribution >= 0.6 is 23.2 Å². The van der Waals surface area contributed by atoms with Crippen LogP contribution in [0.2, 0.25) is 0 Å². The van der Waals surface area contributed by atoms with Gasteiger partial charge in [-0.15, -0.1) is 0 Å². The third kappa shape index (κ3) is 5.11. The molecule has 10 heteroatoms. The van der Waals surface area contributed by atoms with Crippen molar-refractivity contribution in [3.8, 4) is 28.6 Å². The highest BCUT2D eigenvalue weighted by atomic mass is 35.5. The highest BCUT2D eigenvalue weighted by Gasteiger charge is 2.27. The summed E-state index contributed by atoms with van der Waals surface area (Å²) in [7, 11) is 4.61. The Kier molecular flexibility index (Phi) is 7.69. The quantitative estimate of drug-likeness (QED) is 0.529. The predicted octanol–water partition coefficient (Wildman–Crippen LogP) is 3.68. The predicted molar refractivity (Wildman–Crippen MR) is 111 cm³/mol. The number of rotatable bonds is 9. The molecule has 0 aliphatic carbocycles. The van der Waals surface area contributed by atoms with E-state index in [2.05, 4.69) is 5.16 Å². The van der Waals surface area contributed by atoms with E-state index in [4.69, 9.17) is 46.7 Å². The number of alkyl halides is 2. The first kappa shape index (κ1) is 22.5. The normalized spacial score (nSPS) is 16.0. The fourth-order valence-corrected chi connectivity index (χ4v) is 3.62. The van der Waals surface area contributed by atoms with E-state index in [0.717, 1.165) is 12.8 Å². The minimum Gasteiger partial charge on any atom is -0.493 e. The average Bonchev–Trinajstić information content (AvgIpc) is 3.43. The van der Waals surface area contributed by atoms with E-state index in [-0.39, 0.29) is 12.6 Å². The minimum atomic E-state index is -1.16. The number of hydrogen-bond donors (Lipinski definition) is 0. The van der Waals surface area contributed by atoms with Crippen LogP contribution < -0.4 is 14.2 Å². The number of amides is 1. The molecule has 1 fully saturated rings. The molecule has 0 spiro atoms. The molecule has 0 N–H and O–H groups in total. The van der Waals surface area contributed by atoms with E-state index in [1.165, 1.54) is 26.2 Å². The van der Waals surface area contributed by atoms with Crippen molar-refractivity contribution in [2.24, 2.45) is 0 Å². The highest BCUT2D eigenvalue weighted by molar-refractivity contribution is 6.53. The Bertz CT molecular complexity index is 842. The monoisotopic (exact) mass is 458 g/mol. The van der Waals surface area contributed by atoms with Gasteiger partial charge in [0.15, 0.2) is 22.1 Å². The van der Waals surface area contributed by atoms with E-state index in [1.54, 1.807) is 18.2 Å². The molecule has 164 valence electrons. The number of halogens is 2. The number of hydrogen-bond acceptors (Lipinski definition) is 7. The van der Waals surface area contributed by atoms with Crippen molar-refractivity contribution in [3.63, 3.8) is 0 Å². The molecule has 1 aromatic heterocycles. The summed E-state index contributed by atoms with van der Waals surface area (Å²) in [5, 5.41) is 4.09. The highest BCUT2D eigenvalue weighted by Crippen LogP contribution is 2.41. The molecule has 1 amide bonds. The zero-order valence-corrected chi connectivity index (χ0v) is 18.5. The first-order chi connectivity index (χ1) is 14.5. The number of methoxy groups -OCH3 is 3. The Morgan fingerprint density at radius 2 is 1.90 bits per heavy atom. The number of carbonyl (C=O) groups excluding carboxylic acids is 1. The standard InChI is InChI=1S/C20H24Cl2N2O6/c1-26-16-7-12(8-17(27-2)18(16)28-3)15-9-13(23-30-15)10-24(20(25)19(21)22)11-14-5-4-6-29-14/h7-9,14,19H,4-6,10-11H2,1-3H3/t14-/m0/s1. The SMILES string of the molecule is COc1cc(-c2cc(CN(C[C@@H]3CCCO3)C(=O)C(Cl)Cl)no2)cc(OC)c1OC. The van der Waals surface area contributed by atoms with E-state index < -0.39 is 10.7 Å². The van der Waals surface area contributed by atoms with E-state index >= 15 is 0 Å². The third-order valence-corrected chi connectivity index (χ3v) is 5.18. The Morgan fingerprint density at radius 3 is 2.43 bits per heavy atom. The smallest absolute Gasteiger partial charge is 0.256 e. The van der Waals surface area contributed by atoms with E-state index in [0.29, 0.717) is 47.4 Å². The van der Waals surface area contributed by atoms with Crippen molar-refractivity contribution in [1.82, 2.24) is 10.1 Å². The van der Waals surface area contributed by atoms with E-state index in [9.17, 15) is 4.79 Å². The van der Waals surface area contributed by atoms with Crippen LogP contribution in [0.1, 0.15) is 18.5 Å². The Morgan fingerprint density at radius 1 is 1.20 bits per heavy atom. The van der Waals surface area contributed by atoms with Gasteiger partial charge in [0.25, 0.3) is 5.91 Å². The first-order valence-corrected chi connectivity index (χ1v) is 10.3. The molecule has 1 aromatic carbocycles. The molecule has 2 aromatic rings. The largest absolute Gasteiger partial charge is 0.493 e. The minimum absolute atomic E-state index is 0.0393. The van der Waals surface area contributed by atoms with Crippen LogP contribution in [0, 0.1) is 0 Å². The molecule has 8 nitrogen and oxygen atoms in total. The zero-order chi connectivity index (χ0) is 21.7. The lowest BCUT2D eigenvalue weighted by Gasteiger charge is -2.25. The molecule has 1 aliphatic heterocycles. The van der Waals surface area contributed by atoms with Crippen molar-refractivity contribution < 1.29 is 28.3 Å². The lowest BCUT2D eigenvalue weighted by Crippen LogP contribution is -2.39. The second-order valence-electron chi connectivity index (χ2n) is 6.75. The molecule has 1 atom stereocenters. The molecular weight excluding hydrogens is 435 g/mol. The molecule has 3 rings (SSSR count). The summed E-state index contributed by atoms with van der Waals surface area (Å²) < 4.78 is 27.2. The van der Waals surface area contributed by atoms with Gasteiger partial charge >= 0.3 is 0 Å². The summed E-state index contributed by atoms with van der Waals surface area (Å²) in [4.78, 5) is 12.8. The molecular formula is C20H24Cl2N2O6. The second kappa shape index (κ2) is 10.2. The van der Waals surface area contributed by atoms with Crippen LogP contribution in [0.4, 0.5) is 0 Å². The maximum atomic E-state index is 12.5. The van der Waals surface area contributed by atoms with Gasteiger partial charge in [-0.25, -0.2) is 0 Å². The second-order valence-corrected chi connectivity index (χ2v) is 7.85. The lowest BCUT2D eigenvalue weighted by atomic mass is 10.1. The van der Waals surface area contributed by atoms with Gasteiger partial charge in [-0.3, -0.25) is 4.79 Å². The van der Waals surface area contributed by atoms with Gasteiger partial charge in [0, 0.05) is 24.8 Å². The molecule has 2 heterocycles. The number of ether oxygens (including phenoxy) is 4. The van der Waals surface area contributed by atoms with Gasteiger partial charge in [-0.1, -0.05) is 28.4 Å². The van der Waals surface area contributed by atoms with Gasteiger partial charge in [0.05, 0.1) is 34.0 Å². The Balaban J connectivity index is 1.82. The fraction of sp³-hybridized carbons (Fsp3) is 0.500. The summed E-state index contributed by atoms with van der Waals surface area (Å²) in [5.74, 6) is 1.56. The molecule has 30 heavy (non-hydrogen) atoms.